The number of fused-ring (bicyclic) bond motifs is 1. The second kappa shape index (κ2) is 9.69. The summed E-state index contributed by atoms with van der Waals surface area (Å²) in [4.78, 5) is 16.9. The molecule has 34 heavy (non-hydrogen) atoms. The van der Waals surface area contributed by atoms with Crippen molar-refractivity contribution < 1.29 is 19.0 Å². The molecule has 0 amide bonds. The zero-order valence-electron chi connectivity index (χ0n) is 18.3. The number of carbonyl (C=O) groups excluding carboxylic acids is 1. The average Bonchev–Trinajstić information content (AvgIpc) is 3.23. The summed E-state index contributed by atoms with van der Waals surface area (Å²) < 4.78 is 18.1. The summed E-state index contributed by atoms with van der Waals surface area (Å²) in [5.74, 6) is 1.01. The van der Waals surface area contributed by atoms with E-state index in [1.165, 1.54) is 3.57 Å². The van der Waals surface area contributed by atoms with Crippen molar-refractivity contribution in [1.29, 1.82) is 0 Å². The molecule has 0 fully saturated rings. The van der Waals surface area contributed by atoms with Crippen LogP contribution < -0.4 is 9.47 Å². The molecule has 5 nitrogen and oxygen atoms in total. The lowest BCUT2D eigenvalue weighted by molar-refractivity contribution is -0.129. The molecule has 0 saturated carbocycles. The average molecular weight is 561 g/mol. The molecule has 0 aromatic heterocycles. The van der Waals surface area contributed by atoms with E-state index >= 15 is 0 Å². The zero-order chi connectivity index (χ0) is 23.5. The van der Waals surface area contributed by atoms with E-state index in [4.69, 9.17) is 14.2 Å². The Bertz CT molecular complexity index is 1440. The van der Waals surface area contributed by atoms with Gasteiger partial charge in [-0.3, -0.25) is 0 Å². The number of hydrogen-bond donors (Lipinski definition) is 0. The third-order valence-corrected chi connectivity index (χ3v) is 6.13. The van der Waals surface area contributed by atoms with Gasteiger partial charge in [-0.25, -0.2) is 9.79 Å². The van der Waals surface area contributed by atoms with E-state index in [0.717, 1.165) is 27.5 Å². The fourth-order valence-corrected chi connectivity index (χ4v) is 4.01. The summed E-state index contributed by atoms with van der Waals surface area (Å²) in [6.07, 6.45) is 1.68. The molecule has 0 spiro atoms. The first kappa shape index (κ1) is 22.2. The first-order valence-electron chi connectivity index (χ1n) is 10.7. The first-order chi connectivity index (χ1) is 16.6. The van der Waals surface area contributed by atoms with Crippen molar-refractivity contribution in [2.75, 3.05) is 7.11 Å². The molecule has 0 unspecified atom stereocenters. The summed E-state index contributed by atoms with van der Waals surface area (Å²) in [5, 5.41) is 2.17. The summed E-state index contributed by atoms with van der Waals surface area (Å²) in [6, 6.07) is 27.5. The molecule has 5 rings (SSSR count). The molecule has 0 N–H and O–H groups in total. The van der Waals surface area contributed by atoms with Crippen LogP contribution in [-0.4, -0.2) is 19.0 Å². The van der Waals surface area contributed by atoms with E-state index in [9.17, 15) is 4.79 Å². The molecule has 1 heterocycles. The van der Waals surface area contributed by atoms with Crippen molar-refractivity contribution in [1.82, 2.24) is 0 Å². The molecule has 168 valence electrons. The number of benzene rings is 4. The summed E-state index contributed by atoms with van der Waals surface area (Å²) >= 11 is 2.27. The van der Waals surface area contributed by atoms with Gasteiger partial charge in [-0.15, -0.1) is 0 Å². The van der Waals surface area contributed by atoms with E-state index in [2.05, 4.69) is 27.6 Å². The maximum atomic E-state index is 12.5. The van der Waals surface area contributed by atoms with Gasteiger partial charge in [-0.1, -0.05) is 48.5 Å². The number of carbonyl (C=O) groups is 1. The molecule has 0 bridgehead atoms. The number of aliphatic imine (C=N–C) groups is 1. The van der Waals surface area contributed by atoms with E-state index in [0.29, 0.717) is 24.0 Å². The molecule has 4 aromatic carbocycles. The SMILES string of the molecule is COc1cc(/C=C2\N=C(c3ccc4ccccc4c3)OC2=O)ccc1OCc1ccc(I)cc1. The fraction of sp³-hybridized carbons (Fsp3) is 0.0714. The van der Waals surface area contributed by atoms with Gasteiger partial charge in [0.2, 0.25) is 5.90 Å². The smallest absolute Gasteiger partial charge is 0.363 e. The number of nitrogens with zero attached hydrogens (tertiary/aromatic N) is 1. The summed E-state index contributed by atoms with van der Waals surface area (Å²) in [5.41, 5.74) is 2.82. The number of methoxy groups -OCH3 is 1. The maximum Gasteiger partial charge on any atom is 0.363 e. The normalized spacial score (nSPS) is 14.2. The Hall–Kier alpha value is -3.65. The lowest BCUT2D eigenvalue weighted by Gasteiger charge is -2.11. The van der Waals surface area contributed by atoms with E-state index in [1.54, 1.807) is 13.2 Å². The van der Waals surface area contributed by atoms with Gasteiger partial charge >= 0.3 is 5.97 Å². The molecule has 0 atom stereocenters. The second-order valence-electron chi connectivity index (χ2n) is 7.72. The number of hydrogen-bond acceptors (Lipinski definition) is 5. The van der Waals surface area contributed by atoms with Gasteiger partial charge in [-0.2, -0.15) is 0 Å². The number of ether oxygens (including phenoxy) is 3. The van der Waals surface area contributed by atoms with Crippen LogP contribution in [0.15, 0.2) is 95.6 Å². The van der Waals surface area contributed by atoms with E-state index in [-0.39, 0.29) is 5.70 Å². The third-order valence-electron chi connectivity index (χ3n) is 5.42. The highest BCUT2D eigenvalue weighted by atomic mass is 127. The lowest BCUT2D eigenvalue weighted by Crippen LogP contribution is -2.05. The Kier molecular flexibility index (Phi) is 6.31. The van der Waals surface area contributed by atoms with Crippen LogP contribution in [-0.2, 0) is 16.1 Å². The van der Waals surface area contributed by atoms with Gasteiger partial charge in [-0.05, 0) is 87.0 Å². The van der Waals surface area contributed by atoms with Crippen molar-refractivity contribution in [3.63, 3.8) is 0 Å². The minimum Gasteiger partial charge on any atom is -0.493 e. The van der Waals surface area contributed by atoms with Crippen LogP contribution in [0.25, 0.3) is 16.8 Å². The lowest BCUT2D eigenvalue weighted by atomic mass is 10.1. The van der Waals surface area contributed by atoms with E-state index < -0.39 is 5.97 Å². The van der Waals surface area contributed by atoms with Crippen LogP contribution in [0.3, 0.4) is 0 Å². The molecule has 1 aliphatic heterocycles. The number of cyclic esters (lactones) is 1. The molecule has 0 radical (unpaired) electrons. The largest absolute Gasteiger partial charge is 0.493 e. The van der Waals surface area contributed by atoms with Gasteiger partial charge in [0.05, 0.1) is 7.11 Å². The molecular formula is C28H20INO4. The Morgan fingerprint density at radius 3 is 2.50 bits per heavy atom. The van der Waals surface area contributed by atoms with Gasteiger partial charge in [0.25, 0.3) is 0 Å². The Balaban J connectivity index is 1.36. The second-order valence-corrected chi connectivity index (χ2v) is 8.97. The van der Waals surface area contributed by atoms with Crippen molar-refractivity contribution in [2.45, 2.75) is 6.61 Å². The molecule has 6 heteroatoms. The van der Waals surface area contributed by atoms with Crippen molar-refractivity contribution in [2.24, 2.45) is 4.99 Å². The molecule has 4 aromatic rings. The maximum absolute atomic E-state index is 12.5. The molecule has 1 aliphatic rings. The fourth-order valence-electron chi connectivity index (χ4n) is 3.65. The molecule has 0 aliphatic carbocycles. The van der Waals surface area contributed by atoms with Crippen LogP contribution in [0.2, 0.25) is 0 Å². The topological polar surface area (TPSA) is 57.1 Å². The number of halogens is 1. The highest BCUT2D eigenvalue weighted by molar-refractivity contribution is 14.1. The van der Waals surface area contributed by atoms with Crippen LogP contribution in [0, 0.1) is 3.57 Å². The van der Waals surface area contributed by atoms with E-state index in [1.807, 2.05) is 84.9 Å². The monoisotopic (exact) mass is 561 g/mol. The van der Waals surface area contributed by atoms with Gasteiger partial charge in [0.15, 0.2) is 17.2 Å². The molecular weight excluding hydrogens is 541 g/mol. The van der Waals surface area contributed by atoms with Crippen molar-refractivity contribution >= 4 is 51.3 Å². The summed E-state index contributed by atoms with van der Waals surface area (Å²) in [6.45, 7) is 0.430. The van der Waals surface area contributed by atoms with Crippen molar-refractivity contribution in [3.8, 4) is 11.5 Å². The zero-order valence-corrected chi connectivity index (χ0v) is 20.5. The predicted octanol–water partition coefficient (Wildman–Crippen LogP) is 6.38. The first-order valence-corrected chi connectivity index (χ1v) is 11.7. The van der Waals surface area contributed by atoms with Gasteiger partial charge in [0, 0.05) is 9.13 Å². The highest BCUT2D eigenvalue weighted by Gasteiger charge is 2.24. The Morgan fingerprint density at radius 1 is 0.912 bits per heavy atom. The Labute approximate surface area is 210 Å². The Morgan fingerprint density at radius 2 is 1.71 bits per heavy atom. The number of esters is 1. The number of rotatable bonds is 6. The minimum atomic E-state index is -0.485. The predicted molar refractivity (Wildman–Crippen MR) is 141 cm³/mol. The van der Waals surface area contributed by atoms with Gasteiger partial charge in [0.1, 0.15) is 6.61 Å². The molecule has 0 saturated heterocycles. The minimum absolute atomic E-state index is 0.234. The highest BCUT2D eigenvalue weighted by Crippen LogP contribution is 2.31. The van der Waals surface area contributed by atoms with Crippen molar-refractivity contribution in [3.05, 3.63) is 111 Å². The summed E-state index contributed by atoms with van der Waals surface area (Å²) in [7, 11) is 1.59. The third kappa shape index (κ3) is 4.82. The van der Waals surface area contributed by atoms with Crippen LogP contribution in [0.1, 0.15) is 16.7 Å². The van der Waals surface area contributed by atoms with Crippen LogP contribution >= 0.6 is 22.6 Å². The quantitative estimate of drug-likeness (QED) is 0.156. The van der Waals surface area contributed by atoms with Crippen LogP contribution in [0.4, 0.5) is 0 Å². The van der Waals surface area contributed by atoms with Crippen LogP contribution in [0.5, 0.6) is 11.5 Å². The van der Waals surface area contributed by atoms with Gasteiger partial charge < -0.3 is 14.2 Å². The standard InChI is InChI=1S/C28H20INO4/c1-32-26-15-19(8-13-25(26)33-17-18-6-11-23(29)12-7-18)14-24-28(31)34-27(30-24)22-10-9-20-4-2-3-5-21(20)16-22/h2-16H,17H2,1H3/b24-14-.